The van der Waals surface area contributed by atoms with Gasteiger partial charge in [0, 0.05) is 12.8 Å². The van der Waals surface area contributed by atoms with E-state index in [1.165, 1.54) is 0 Å². The summed E-state index contributed by atoms with van der Waals surface area (Å²) in [6.45, 7) is -0.413. The SMILES string of the molecule is O=C1CCC(C(=O)OCC(=O)N[C@@H](Cc2ccccc2)c2ccccc2)=NN1. The quantitative estimate of drug-likeness (QED) is 0.718. The van der Waals surface area contributed by atoms with Crippen LogP contribution in [0.5, 0.6) is 0 Å². The Kier molecular flexibility index (Phi) is 6.51. The Morgan fingerprint density at radius 3 is 2.36 bits per heavy atom. The Balaban J connectivity index is 1.59. The van der Waals surface area contributed by atoms with Gasteiger partial charge in [-0.2, -0.15) is 5.10 Å². The van der Waals surface area contributed by atoms with Crippen molar-refractivity contribution < 1.29 is 19.1 Å². The normalized spacial score (nSPS) is 14.4. The molecule has 0 radical (unpaired) electrons. The van der Waals surface area contributed by atoms with Gasteiger partial charge < -0.3 is 10.1 Å². The maximum absolute atomic E-state index is 12.4. The standard InChI is InChI=1S/C21H21N3O4/c25-19-12-11-17(23-24-19)21(27)28-14-20(26)22-18(16-9-5-2-6-10-16)13-15-7-3-1-4-8-15/h1-10,18H,11-14H2,(H,22,26)(H,24,25)/t18-/m0/s1. The second kappa shape index (κ2) is 9.45. The summed E-state index contributed by atoms with van der Waals surface area (Å²) in [5, 5.41) is 6.58. The summed E-state index contributed by atoms with van der Waals surface area (Å²) >= 11 is 0. The van der Waals surface area contributed by atoms with E-state index in [2.05, 4.69) is 15.8 Å². The van der Waals surface area contributed by atoms with Gasteiger partial charge in [0.1, 0.15) is 5.71 Å². The summed E-state index contributed by atoms with van der Waals surface area (Å²) in [6, 6.07) is 19.2. The molecule has 7 nitrogen and oxygen atoms in total. The largest absolute Gasteiger partial charge is 0.451 e. The van der Waals surface area contributed by atoms with Crippen LogP contribution < -0.4 is 10.7 Å². The molecule has 1 aliphatic heterocycles. The average Bonchev–Trinajstić information content (AvgIpc) is 2.73. The third-order valence-corrected chi connectivity index (χ3v) is 4.29. The summed E-state index contributed by atoms with van der Waals surface area (Å²) in [5.74, 6) is -1.35. The summed E-state index contributed by atoms with van der Waals surface area (Å²) in [4.78, 5) is 35.4. The zero-order chi connectivity index (χ0) is 19.8. The number of amides is 2. The molecule has 0 spiro atoms. The first kappa shape index (κ1) is 19.3. The first-order valence-corrected chi connectivity index (χ1v) is 9.02. The third-order valence-electron chi connectivity index (χ3n) is 4.29. The minimum absolute atomic E-state index is 0.108. The molecule has 144 valence electrons. The molecule has 2 N–H and O–H groups in total. The van der Waals surface area contributed by atoms with Gasteiger partial charge in [0.15, 0.2) is 6.61 Å². The first-order valence-electron chi connectivity index (χ1n) is 9.02. The minimum Gasteiger partial charge on any atom is -0.451 e. The third kappa shape index (κ3) is 5.51. The highest BCUT2D eigenvalue weighted by molar-refractivity contribution is 6.37. The van der Waals surface area contributed by atoms with E-state index in [1.54, 1.807) is 0 Å². The fraction of sp³-hybridized carbons (Fsp3) is 0.238. The second-order valence-corrected chi connectivity index (χ2v) is 6.39. The first-order chi connectivity index (χ1) is 13.6. The van der Waals surface area contributed by atoms with Gasteiger partial charge in [0.05, 0.1) is 6.04 Å². The molecule has 0 bridgehead atoms. The van der Waals surface area contributed by atoms with Crippen LogP contribution in [0.1, 0.15) is 30.0 Å². The number of esters is 1. The van der Waals surface area contributed by atoms with Crippen molar-refractivity contribution in [3.05, 3.63) is 71.8 Å². The van der Waals surface area contributed by atoms with Crippen molar-refractivity contribution in [3.8, 4) is 0 Å². The van der Waals surface area contributed by atoms with E-state index in [4.69, 9.17) is 4.74 Å². The van der Waals surface area contributed by atoms with E-state index in [0.29, 0.717) is 6.42 Å². The Morgan fingerprint density at radius 2 is 1.71 bits per heavy atom. The molecule has 2 amide bonds. The van der Waals surface area contributed by atoms with Gasteiger partial charge in [-0.05, 0) is 17.5 Å². The monoisotopic (exact) mass is 379 g/mol. The molecule has 28 heavy (non-hydrogen) atoms. The van der Waals surface area contributed by atoms with Gasteiger partial charge in [0.25, 0.3) is 5.91 Å². The van der Waals surface area contributed by atoms with Gasteiger partial charge in [-0.3, -0.25) is 9.59 Å². The predicted octanol–water partition coefficient (Wildman–Crippen LogP) is 1.90. The van der Waals surface area contributed by atoms with Crippen molar-refractivity contribution in [2.45, 2.75) is 25.3 Å². The fourth-order valence-electron chi connectivity index (χ4n) is 2.86. The minimum atomic E-state index is -0.700. The number of hydrogen-bond donors (Lipinski definition) is 2. The lowest BCUT2D eigenvalue weighted by Crippen LogP contribution is -2.36. The van der Waals surface area contributed by atoms with Crippen LogP contribution in [-0.2, 0) is 25.5 Å². The molecular weight excluding hydrogens is 358 g/mol. The van der Waals surface area contributed by atoms with Gasteiger partial charge in [-0.15, -0.1) is 0 Å². The molecule has 0 unspecified atom stereocenters. The van der Waals surface area contributed by atoms with Crippen LogP contribution in [0, 0.1) is 0 Å². The lowest BCUT2D eigenvalue weighted by molar-refractivity contribution is -0.142. The lowest BCUT2D eigenvalue weighted by Gasteiger charge is -2.20. The van der Waals surface area contributed by atoms with Crippen molar-refractivity contribution in [2.75, 3.05) is 6.61 Å². The van der Waals surface area contributed by atoms with Gasteiger partial charge in [0.2, 0.25) is 5.91 Å². The van der Waals surface area contributed by atoms with E-state index in [-0.39, 0.29) is 30.5 Å². The van der Waals surface area contributed by atoms with Crippen molar-refractivity contribution in [1.82, 2.24) is 10.7 Å². The predicted molar refractivity (Wildman–Crippen MR) is 103 cm³/mol. The Morgan fingerprint density at radius 1 is 1.04 bits per heavy atom. The number of nitrogens with one attached hydrogen (secondary N) is 2. The Bertz CT molecular complexity index is 866. The smallest absolute Gasteiger partial charge is 0.355 e. The molecule has 0 saturated heterocycles. The van der Waals surface area contributed by atoms with Crippen LogP contribution in [0.2, 0.25) is 0 Å². The lowest BCUT2D eigenvalue weighted by atomic mass is 9.99. The molecule has 3 rings (SSSR count). The van der Waals surface area contributed by atoms with Crippen LogP contribution in [0.3, 0.4) is 0 Å². The molecule has 7 heteroatoms. The van der Waals surface area contributed by atoms with Crippen LogP contribution in [-0.4, -0.2) is 30.1 Å². The van der Waals surface area contributed by atoms with E-state index >= 15 is 0 Å². The van der Waals surface area contributed by atoms with Crippen LogP contribution in [0.25, 0.3) is 0 Å². The summed E-state index contributed by atoms with van der Waals surface area (Å²) in [6.07, 6.45) is 0.990. The van der Waals surface area contributed by atoms with Crippen molar-refractivity contribution in [2.24, 2.45) is 5.10 Å². The average molecular weight is 379 g/mol. The molecule has 0 aromatic heterocycles. The molecule has 0 saturated carbocycles. The molecule has 2 aromatic carbocycles. The highest BCUT2D eigenvalue weighted by Gasteiger charge is 2.21. The molecule has 1 atom stereocenters. The fourth-order valence-corrected chi connectivity index (χ4v) is 2.86. The molecule has 0 fully saturated rings. The summed E-state index contributed by atoms with van der Waals surface area (Å²) < 4.78 is 5.03. The van der Waals surface area contributed by atoms with E-state index in [0.717, 1.165) is 11.1 Å². The molecule has 1 heterocycles. The number of nitrogens with zero attached hydrogens (tertiary/aromatic N) is 1. The highest BCUT2D eigenvalue weighted by atomic mass is 16.5. The van der Waals surface area contributed by atoms with E-state index in [9.17, 15) is 14.4 Å². The van der Waals surface area contributed by atoms with Gasteiger partial charge in [-0.1, -0.05) is 60.7 Å². The van der Waals surface area contributed by atoms with E-state index in [1.807, 2.05) is 60.7 Å². The number of hydrazone groups is 1. The summed E-state index contributed by atoms with van der Waals surface area (Å²) in [7, 11) is 0. The van der Waals surface area contributed by atoms with Gasteiger partial charge >= 0.3 is 5.97 Å². The number of rotatable bonds is 7. The van der Waals surface area contributed by atoms with Crippen molar-refractivity contribution in [3.63, 3.8) is 0 Å². The Labute approximate surface area is 162 Å². The maximum Gasteiger partial charge on any atom is 0.355 e. The maximum atomic E-state index is 12.4. The number of carbonyl (C=O) groups is 3. The van der Waals surface area contributed by atoms with Crippen LogP contribution in [0.15, 0.2) is 65.8 Å². The van der Waals surface area contributed by atoms with Crippen LogP contribution in [0.4, 0.5) is 0 Å². The number of ether oxygens (including phenoxy) is 1. The second-order valence-electron chi connectivity index (χ2n) is 6.39. The van der Waals surface area contributed by atoms with Crippen LogP contribution >= 0.6 is 0 Å². The van der Waals surface area contributed by atoms with Crippen molar-refractivity contribution in [1.29, 1.82) is 0 Å². The highest BCUT2D eigenvalue weighted by Crippen LogP contribution is 2.18. The zero-order valence-corrected chi connectivity index (χ0v) is 15.3. The number of carbonyl (C=O) groups excluding carboxylic acids is 3. The van der Waals surface area contributed by atoms with Gasteiger partial charge in [-0.25, -0.2) is 10.2 Å². The molecular formula is C21H21N3O4. The molecule has 0 aliphatic carbocycles. The summed E-state index contributed by atoms with van der Waals surface area (Å²) in [5.41, 5.74) is 4.38. The topological polar surface area (TPSA) is 96.9 Å². The number of hydrogen-bond acceptors (Lipinski definition) is 5. The van der Waals surface area contributed by atoms with Crippen molar-refractivity contribution >= 4 is 23.5 Å². The zero-order valence-electron chi connectivity index (χ0n) is 15.3. The molecule has 1 aliphatic rings. The molecule has 2 aromatic rings. The number of benzene rings is 2. The van der Waals surface area contributed by atoms with E-state index < -0.39 is 18.5 Å². The Hall–Kier alpha value is -3.48.